The number of anilines is 1. The second-order valence-corrected chi connectivity index (χ2v) is 6.73. The number of nitro benzene ring substituents is 1. The molecule has 1 N–H and O–H groups in total. The van der Waals surface area contributed by atoms with E-state index in [4.69, 9.17) is 4.74 Å². The van der Waals surface area contributed by atoms with Crippen LogP contribution in [-0.2, 0) is 15.7 Å². The Bertz CT molecular complexity index is 976. The molecule has 0 saturated carbocycles. The summed E-state index contributed by atoms with van der Waals surface area (Å²) in [5, 5.41) is 21.7. The number of aliphatic hydroxyl groups excluding tert-OH is 1. The molecule has 2 aromatic rings. The molecule has 32 heavy (non-hydrogen) atoms. The number of esters is 1. The molecule has 0 fully saturated rings. The molecule has 2 aromatic carbocycles. The van der Waals surface area contributed by atoms with E-state index in [-0.39, 0.29) is 30.3 Å². The predicted molar refractivity (Wildman–Crippen MR) is 110 cm³/mol. The number of carbonyl (C=O) groups excluding carboxylic acids is 1. The van der Waals surface area contributed by atoms with Gasteiger partial charge in [-0.3, -0.25) is 10.1 Å². The van der Waals surface area contributed by atoms with Gasteiger partial charge >= 0.3 is 12.1 Å². The highest BCUT2D eigenvalue weighted by Crippen LogP contribution is 2.31. The summed E-state index contributed by atoms with van der Waals surface area (Å²) in [4.78, 5) is 23.5. The van der Waals surface area contributed by atoms with Gasteiger partial charge in [-0.15, -0.1) is 0 Å². The Labute approximate surface area is 181 Å². The molecule has 0 radical (unpaired) electrons. The zero-order chi connectivity index (χ0) is 23.9. The molecule has 0 amide bonds. The van der Waals surface area contributed by atoms with Gasteiger partial charge in [0.1, 0.15) is 24.1 Å². The van der Waals surface area contributed by atoms with Crippen LogP contribution in [0.1, 0.15) is 11.1 Å². The van der Waals surface area contributed by atoms with Crippen LogP contribution in [0, 0.1) is 10.1 Å². The maximum atomic E-state index is 12.6. The molecule has 0 heterocycles. The number of halogens is 3. The largest absolute Gasteiger partial charge is 0.491 e. The van der Waals surface area contributed by atoms with E-state index >= 15 is 0 Å². The first-order valence-electron chi connectivity index (χ1n) is 9.25. The lowest BCUT2D eigenvalue weighted by atomic mass is 10.1. The minimum atomic E-state index is -4.46. The smallest absolute Gasteiger partial charge is 0.416 e. The minimum Gasteiger partial charge on any atom is -0.491 e. The molecule has 0 aliphatic rings. The molecule has 0 aromatic heterocycles. The average Bonchev–Trinajstić information content (AvgIpc) is 2.75. The molecule has 0 saturated heterocycles. The van der Waals surface area contributed by atoms with Gasteiger partial charge in [0.2, 0.25) is 0 Å². The van der Waals surface area contributed by atoms with E-state index in [9.17, 15) is 33.2 Å². The SMILES string of the molecule is COC(=O)/C=C/c1ccc(N(C)CC(O)COc2ccc(C(F)(F)F)cc2)c([N+](=O)[O-])c1. The highest BCUT2D eigenvalue weighted by atomic mass is 19.4. The van der Waals surface area contributed by atoms with Crippen molar-refractivity contribution in [1.29, 1.82) is 0 Å². The second kappa shape index (κ2) is 10.6. The molecular formula is C21H21F3N2O6. The van der Waals surface area contributed by atoms with Gasteiger partial charge in [-0.25, -0.2) is 4.79 Å². The first-order valence-corrected chi connectivity index (χ1v) is 9.25. The molecule has 1 atom stereocenters. The van der Waals surface area contributed by atoms with Gasteiger partial charge in [-0.05, 0) is 42.0 Å². The maximum absolute atomic E-state index is 12.6. The van der Waals surface area contributed by atoms with Crippen molar-refractivity contribution in [3.8, 4) is 5.75 Å². The maximum Gasteiger partial charge on any atom is 0.416 e. The van der Waals surface area contributed by atoms with Gasteiger partial charge in [-0.2, -0.15) is 13.2 Å². The summed E-state index contributed by atoms with van der Waals surface area (Å²) < 4.78 is 47.5. The fourth-order valence-electron chi connectivity index (χ4n) is 2.75. The molecule has 8 nitrogen and oxygen atoms in total. The molecule has 1 unspecified atom stereocenters. The number of methoxy groups -OCH3 is 1. The topological polar surface area (TPSA) is 102 Å². The number of ether oxygens (including phenoxy) is 2. The van der Waals surface area contributed by atoms with Crippen LogP contribution >= 0.6 is 0 Å². The van der Waals surface area contributed by atoms with E-state index in [1.807, 2.05) is 0 Å². The van der Waals surface area contributed by atoms with Crippen LogP contribution in [0.5, 0.6) is 5.75 Å². The van der Waals surface area contributed by atoms with Gasteiger partial charge in [0.25, 0.3) is 5.69 Å². The predicted octanol–water partition coefficient (Wildman–Crippen LogP) is 3.68. The third kappa shape index (κ3) is 6.98. The zero-order valence-corrected chi connectivity index (χ0v) is 17.2. The van der Waals surface area contributed by atoms with E-state index in [1.165, 1.54) is 37.3 Å². The lowest BCUT2D eigenvalue weighted by molar-refractivity contribution is -0.384. The monoisotopic (exact) mass is 454 g/mol. The summed E-state index contributed by atoms with van der Waals surface area (Å²) >= 11 is 0. The summed E-state index contributed by atoms with van der Waals surface area (Å²) in [6, 6.07) is 8.33. The van der Waals surface area contributed by atoms with Crippen LogP contribution < -0.4 is 9.64 Å². The summed E-state index contributed by atoms with van der Waals surface area (Å²) in [6.45, 7) is -0.276. The van der Waals surface area contributed by atoms with E-state index in [0.29, 0.717) is 5.56 Å². The Morgan fingerprint density at radius 2 is 1.91 bits per heavy atom. The molecular weight excluding hydrogens is 433 g/mol. The lowest BCUT2D eigenvalue weighted by Gasteiger charge is -2.23. The molecule has 11 heteroatoms. The Morgan fingerprint density at radius 1 is 1.25 bits per heavy atom. The van der Waals surface area contributed by atoms with Crippen LogP contribution in [0.4, 0.5) is 24.5 Å². The quantitative estimate of drug-likeness (QED) is 0.267. The van der Waals surface area contributed by atoms with Crippen LogP contribution in [0.25, 0.3) is 6.08 Å². The Morgan fingerprint density at radius 3 is 2.47 bits per heavy atom. The van der Waals surface area contributed by atoms with Crippen molar-refractivity contribution in [3.63, 3.8) is 0 Å². The van der Waals surface area contributed by atoms with Crippen molar-refractivity contribution in [1.82, 2.24) is 0 Å². The minimum absolute atomic E-state index is 0.0428. The van der Waals surface area contributed by atoms with Gasteiger partial charge in [0.05, 0.1) is 17.6 Å². The number of aliphatic hydroxyl groups is 1. The number of likely N-dealkylation sites (N-methyl/N-ethyl adjacent to an activating group) is 1. The van der Waals surface area contributed by atoms with Gasteiger partial charge in [0.15, 0.2) is 0 Å². The molecule has 0 spiro atoms. The summed E-state index contributed by atoms with van der Waals surface area (Å²) in [7, 11) is 2.74. The van der Waals surface area contributed by atoms with Crippen molar-refractivity contribution >= 4 is 23.4 Å². The molecule has 2 rings (SSSR count). The van der Waals surface area contributed by atoms with Crippen molar-refractivity contribution in [2.45, 2.75) is 12.3 Å². The fourth-order valence-corrected chi connectivity index (χ4v) is 2.75. The van der Waals surface area contributed by atoms with Gasteiger partial charge in [0, 0.05) is 25.7 Å². The molecule has 172 valence electrons. The van der Waals surface area contributed by atoms with E-state index in [1.54, 1.807) is 6.07 Å². The highest BCUT2D eigenvalue weighted by molar-refractivity contribution is 5.87. The fraction of sp³-hybridized carbons (Fsp3) is 0.286. The van der Waals surface area contributed by atoms with Gasteiger partial charge in [-0.1, -0.05) is 6.07 Å². The van der Waals surface area contributed by atoms with Crippen LogP contribution in [-0.4, -0.2) is 49.4 Å². The average molecular weight is 454 g/mol. The van der Waals surface area contributed by atoms with E-state index < -0.39 is 28.7 Å². The number of nitrogens with zero attached hydrogens (tertiary/aromatic N) is 2. The number of rotatable bonds is 9. The number of benzene rings is 2. The number of alkyl halides is 3. The number of hydrogen-bond donors (Lipinski definition) is 1. The van der Waals surface area contributed by atoms with E-state index in [0.717, 1.165) is 30.3 Å². The summed E-state index contributed by atoms with van der Waals surface area (Å²) in [5.74, 6) is -0.461. The second-order valence-electron chi connectivity index (χ2n) is 6.73. The first kappa shape index (κ1) is 24.7. The Hall–Kier alpha value is -3.60. The van der Waals surface area contributed by atoms with Crippen molar-refractivity contribution < 1.29 is 37.5 Å². The Balaban J connectivity index is 2.02. The lowest BCUT2D eigenvalue weighted by Crippen LogP contribution is -2.33. The van der Waals surface area contributed by atoms with E-state index in [2.05, 4.69) is 4.74 Å². The van der Waals surface area contributed by atoms with Crippen molar-refractivity contribution in [2.75, 3.05) is 32.2 Å². The summed E-state index contributed by atoms with van der Waals surface area (Å²) in [5.41, 5.74) is -0.429. The van der Waals surface area contributed by atoms with Crippen LogP contribution in [0.2, 0.25) is 0 Å². The summed E-state index contributed by atoms with van der Waals surface area (Å²) in [6.07, 6.45) is -3.04. The highest BCUT2D eigenvalue weighted by Gasteiger charge is 2.30. The standard InChI is InChI=1S/C21H21F3N2O6/c1-25(12-16(27)13-32-17-7-5-15(6-8-17)21(22,23)24)18-9-3-14(4-10-20(28)31-2)11-19(18)26(29)30/h3-11,16,27H,12-13H2,1-2H3/b10-4+. The number of carbonyl (C=O) groups is 1. The third-order valence-corrected chi connectivity index (χ3v) is 4.33. The van der Waals surface area contributed by atoms with Gasteiger partial charge < -0.3 is 19.5 Å². The zero-order valence-electron chi connectivity index (χ0n) is 17.2. The number of nitro groups is 1. The molecule has 0 aliphatic carbocycles. The van der Waals surface area contributed by atoms with Crippen molar-refractivity contribution in [3.05, 3.63) is 69.8 Å². The van der Waals surface area contributed by atoms with Crippen LogP contribution in [0.3, 0.4) is 0 Å². The normalized spacial score (nSPS) is 12.4. The Kier molecular flexibility index (Phi) is 8.19. The first-order chi connectivity index (χ1) is 15.0. The molecule has 0 aliphatic heterocycles. The number of hydrogen-bond acceptors (Lipinski definition) is 7. The van der Waals surface area contributed by atoms with Crippen LogP contribution in [0.15, 0.2) is 48.5 Å². The van der Waals surface area contributed by atoms with Crippen molar-refractivity contribution in [2.24, 2.45) is 0 Å². The molecule has 0 bridgehead atoms. The third-order valence-electron chi connectivity index (χ3n) is 4.33.